The zero-order valence-corrected chi connectivity index (χ0v) is 16.0. The molecule has 2 N–H and O–H groups in total. The molecular formula is C21H19N7O. The van der Waals surface area contributed by atoms with Crippen LogP contribution >= 0.6 is 0 Å². The Morgan fingerprint density at radius 1 is 1.10 bits per heavy atom. The van der Waals surface area contributed by atoms with Crippen LogP contribution in [0.5, 0.6) is 0 Å². The van der Waals surface area contributed by atoms with Crippen LogP contribution in [0.2, 0.25) is 0 Å². The Balaban J connectivity index is 1.50. The van der Waals surface area contributed by atoms with Gasteiger partial charge < -0.3 is 9.88 Å². The highest BCUT2D eigenvalue weighted by Crippen LogP contribution is 2.18. The topological polar surface area (TPSA) is 93.4 Å². The van der Waals surface area contributed by atoms with E-state index in [-0.39, 0.29) is 5.56 Å². The number of nitrogens with one attached hydrogen (secondary N) is 2. The summed E-state index contributed by atoms with van der Waals surface area (Å²) in [6.07, 6.45) is 1.53. The van der Waals surface area contributed by atoms with Crippen molar-refractivity contribution in [3.05, 3.63) is 76.5 Å². The Labute approximate surface area is 165 Å². The van der Waals surface area contributed by atoms with Gasteiger partial charge in [0, 0.05) is 7.05 Å². The van der Waals surface area contributed by atoms with E-state index in [9.17, 15) is 4.79 Å². The summed E-state index contributed by atoms with van der Waals surface area (Å²) in [6.45, 7) is 2.48. The van der Waals surface area contributed by atoms with Crippen molar-refractivity contribution in [3.63, 3.8) is 0 Å². The van der Waals surface area contributed by atoms with E-state index >= 15 is 0 Å². The first kappa shape index (κ1) is 17.2. The lowest BCUT2D eigenvalue weighted by atomic mass is 10.2. The predicted molar refractivity (Wildman–Crippen MR) is 112 cm³/mol. The second-order valence-corrected chi connectivity index (χ2v) is 6.98. The Bertz CT molecular complexity index is 1400. The average Bonchev–Trinajstić information content (AvgIpc) is 3.28. The van der Waals surface area contributed by atoms with Crippen molar-refractivity contribution >= 4 is 28.0 Å². The van der Waals surface area contributed by atoms with E-state index in [1.165, 1.54) is 11.8 Å². The Morgan fingerprint density at radius 3 is 2.76 bits per heavy atom. The summed E-state index contributed by atoms with van der Waals surface area (Å²) in [5.41, 5.74) is 4.29. The zero-order valence-electron chi connectivity index (χ0n) is 16.0. The SMILES string of the molecule is Cc1ccc2c(c1)nc(CNc1nc3c(cnn3-c3ccccc3)c(=O)[nH]1)n2C. The molecular weight excluding hydrogens is 366 g/mol. The number of aromatic amines is 1. The van der Waals surface area contributed by atoms with Gasteiger partial charge in [0.25, 0.3) is 5.56 Å². The van der Waals surface area contributed by atoms with Crippen molar-refractivity contribution in [3.8, 4) is 5.69 Å². The maximum Gasteiger partial charge on any atom is 0.263 e. The van der Waals surface area contributed by atoms with Crippen molar-refractivity contribution < 1.29 is 0 Å². The number of nitrogens with zero attached hydrogens (tertiary/aromatic N) is 5. The van der Waals surface area contributed by atoms with Crippen molar-refractivity contribution in [1.29, 1.82) is 0 Å². The molecule has 0 aliphatic heterocycles. The van der Waals surface area contributed by atoms with Gasteiger partial charge in [0.2, 0.25) is 5.95 Å². The Kier molecular flexibility index (Phi) is 3.90. The fraction of sp³-hybridized carbons (Fsp3) is 0.143. The summed E-state index contributed by atoms with van der Waals surface area (Å²) in [5, 5.41) is 7.96. The largest absolute Gasteiger partial charge is 0.348 e. The monoisotopic (exact) mass is 385 g/mol. The number of aryl methyl sites for hydroxylation is 2. The van der Waals surface area contributed by atoms with Gasteiger partial charge in [0.1, 0.15) is 11.2 Å². The first-order valence-corrected chi connectivity index (χ1v) is 9.29. The second-order valence-electron chi connectivity index (χ2n) is 6.98. The number of rotatable bonds is 4. The van der Waals surface area contributed by atoms with Crippen molar-refractivity contribution in [2.24, 2.45) is 7.05 Å². The fourth-order valence-corrected chi connectivity index (χ4v) is 3.44. The molecule has 3 heterocycles. The summed E-state index contributed by atoms with van der Waals surface area (Å²) in [5.74, 6) is 1.23. The number of hydrogen-bond acceptors (Lipinski definition) is 5. The molecule has 0 amide bonds. The third-order valence-corrected chi connectivity index (χ3v) is 4.98. The van der Waals surface area contributed by atoms with E-state index in [0.29, 0.717) is 23.5 Å². The Morgan fingerprint density at radius 2 is 1.93 bits per heavy atom. The minimum absolute atomic E-state index is 0.236. The number of benzene rings is 2. The van der Waals surface area contributed by atoms with Gasteiger partial charge in [-0.2, -0.15) is 10.1 Å². The number of anilines is 1. The molecule has 8 heteroatoms. The van der Waals surface area contributed by atoms with Crippen LogP contribution in [0.4, 0.5) is 5.95 Å². The lowest BCUT2D eigenvalue weighted by Crippen LogP contribution is -2.15. The molecule has 29 heavy (non-hydrogen) atoms. The van der Waals surface area contributed by atoms with E-state index in [0.717, 1.165) is 22.5 Å². The number of para-hydroxylation sites is 1. The van der Waals surface area contributed by atoms with Crippen LogP contribution < -0.4 is 10.9 Å². The Hall–Kier alpha value is -3.94. The van der Waals surface area contributed by atoms with Crippen molar-refractivity contribution in [2.45, 2.75) is 13.5 Å². The summed E-state index contributed by atoms with van der Waals surface area (Å²) in [6, 6.07) is 15.8. The molecule has 0 aliphatic carbocycles. The molecule has 5 rings (SSSR count). The first-order valence-electron chi connectivity index (χ1n) is 9.29. The van der Waals surface area contributed by atoms with Gasteiger partial charge in [-0.3, -0.25) is 9.78 Å². The van der Waals surface area contributed by atoms with Crippen LogP contribution in [-0.4, -0.2) is 29.3 Å². The average molecular weight is 385 g/mol. The lowest BCUT2D eigenvalue weighted by molar-refractivity contribution is 0.827. The molecule has 3 aromatic heterocycles. The third kappa shape index (κ3) is 2.94. The van der Waals surface area contributed by atoms with Crippen LogP contribution in [0.3, 0.4) is 0 Å². The first-order chi connectivity index (χ1) is 14.1. The van der Waals surface area contributed by atoms with E-state index < -0.39 is 0 Å². The highest BCUT2D eigenvalue weighted by molar-refractivity contribution is 5.77. The van der Waals surface area contributed by atoms with Crippen LogP contribution in [-0.2, 0) is 13.6 Å². The van der Waals surface area contributed by atoms with Crippen molar-refractivity contribution in [2.75, 3.05) is 5.32 Å². The molecule has 144 valence electrons. The summed E-state index contributed by atoms with van der Waals surface area (Å²) in [7, 11) is 1.98. The van der Waals surface area contributed by atoms with E-state index in [4.69, 9.17) is 4.98 Å². The molecule has 8 nitrogen and oxygen atoms in total. The van der Waals surface area contributed by atoms with Gasteiger partial charge >= 0.3 is 0 Å². The maximum atomic E-state index is 12.5. The van der Waals surface area contributed by atoms with E-state index in [1.54, 1.807) is 4.68 Å². The van der Waals surface area contributed by atoms with E-state index in [2.05, 4.69) is 38.6 Å². The van der Waals surface area contributed by atoms with Gasteiger partial charge in [0.05, 0.1) is 29.5 Å². The van der Waals surface area contributed by atoms with Gasteiger partial charge in [-0.1, -0.05) is 24.3 Å². The van der Waals surface area contributed by atoms with Crippen LogP contribution in [0.15, 0.2) is 59.5 Å². The van der Waals surface area contributed by atoms with Crippen LogP contribution in [0.1, 0.15) is 11.4 Å². The fourth-order valence-electron chi connectivity index (χ4n) is 3.44. The maximum absolute atomic E-state index is 12.5. The molecule has 0 aliphatic rings. The quantitative estimate of drug-likeness (QED) is 0.496. The molecule has 0 unspecified atom stereocenters. The predicted octanol–water partition coefficient (Wildman–Crippen LogP) is 2.92. The smallest absolute Gasteiger partial charge is 0.263 e. The molecule has 0 radical (unpaired) electrons. The van der Waals surface area contributed by atoms with Crippen molar-refractivity contribution in [1.82, 2.24) is 29.3 Å². The molecule has 0 fully saturated rings. The minimum Gasteiger partial charge on any atom is -0.348 e. The molecule has 0 bridgehead atoms. The van der Waals surface area contributed by atoms with Gasteiger partial charge in [-0.15, -0.1) is 0 Å². The zero-order chi connectivity index (χ0) is 20.0. The van der Waals surface area contributed by atoms with E-state index in [1.807, 2.05) is 48.9 Å². The second kappa shape index (κ2) is 6.59. The standard InChI is InChI=1S/C21H19N7O/c1-13-8-9-17-16(10-13)24-18(27(17)2)12-22-21-25-19-15(20(29)26-21)11-23-28(19)14-6-4-3-5-7-14/h3-11H,12H2,1-2H3,(H2,22,25,26,29). The number of fused-ring (bicyclic) bond motifs is 2. The number of aromatic nitrogens is 6. The normalized spacial score (nSPS) is 11.4. The molecule has 0 saturated heterocycles. The van der Waals surface area contributed by atoms with Gasteiger partial charge in [-0.25, -0.2) is 9.67 Å². The summed E-state index contributed by atoms with van der Waals surface area (Å²) < 4.78 is 3.69. The number of hydrogen-bond donors (Lipinski definition) is 2. The minimum atomic E-state index is -0.236. The highest BCUT2D eigenvalue weighted by Gasteiger charge is 2.13. The van der Waals surface area contributed by atoms with Gasteiger partial charge in [-0.05, 0) is 36.8 Å². The third-order valence-electron chi connectivity index (χ3n) is 4.98. The molecule has 0 saturated carbocycles. The number of imidazole rings is 1. The molecule has 5 aromatic rings. The molecule has 0 spiro atoms. The molecule has 0 atom stereocenters. The molecule has 2 aromatic carbocycles. The number of H-pyrrole nitrogens is 1. The van der Waals surface area contributed by atoms with Crippen LogP contribution in [0, 0.1) is 6.92 Å². The van der Waals surface area contributed by atoms with Crippen LogP contribution in [0.25, 0.3) is 27.8 Å². The van der Waals surface area contributed by atoms with Gasteiger partial charge in [0.15, 0.2) is 5.65 Å². The highest BCUT2D eigenvalue weighted by atomic mass is 16.1. The summed E-state index contributed by atoms with van der Waals surface area (Å²) in [4.78, 5) is 24.5. The summed E-state index contributed by atoms with van der Waals surface area (Å²) >= 11 is 0. The lowest BCUT2D eigenvalue weighted by Gasteiger charge is -2.07.